The van der Waals surface area contributed by atoms with Crippen LogP contribution < -0.4 is 4.74 Å². The average molecular weight is 383 g/mol. The lowest BCUT2D eigenvalue weighted by Crippen LogP contribution is -2.22. The van der Waals surface area contributed by atoms with Gasteiger partial charge in [-0.15, -0.1) is 0 Å². The van der Waals surface area contributed by atoms with Crippen molar-refractivity contribution in [3.63, 3.8) is 0 Å². The Balaban J connectivity index is 1.42. The van der Waals surface area contributed by atoms with Crippen LogP contribution in [0, 0.1) is 19.8 Å². The smallest absolute Gasteiger partial charge is 0.226 e. The quantitative estimate of drug-likeness (QED) is 0.700. The van der Waals surface area contributed by atoms with Crippen molar-refractivity contribution in [2.45, 2.75) is 32.9 Å². The molecule has 3 heterocycles. The number of aliphatic hydroxyl groups is 1. The summed E-state index contributed by atoms with van der Waals surface area (Å²) in [6.07, 6.45) is 0.298. The molecule has 4 rings (SSSR count). The lowest BCUT2D eigenvalue weighted by Gasteiger charge is -2.13. The van der Waals surface area contributed by atoms with E-state index >= 15 is 0 Å². The van der Waals surface area contributed by atoms with E-state index in [9.17, 15) is 5.11 Å². The molecule has 0 spiro atoms. The highest BCUT2D eigenvalue weighted by Crippen LogP contribution is 2.27. The van der Waals surface area contributed by atoms with E-state index in [1.807, 2.05) is 44.2 Å². The SMILES string of the molecule is COc1ccc(-c2nc(CN3C[C@@H](Cc4cc(C)no4)[C@H](O)C3)c(C)o2)cc1. The van der Waals surface area contributed by atoms with Gasteiger partial charge in [-0.3, -0.25) is 4.90 Å². The van der Waals surface area contributed by atoms with Crippen molar-refractivity contribution in [3.8, 4) is 17.2 Å². The molecule has 148 valence electrons. The fraction of sp³-hybridized carbons (Fsp3) is 0.429. The molecule has 0 radical (unpaired) electrons. The zero-order valence-corrected chi connectivity index (χ0v) is 16.4. The summed E-state index contributed by atoms with van der Waals surface area (Å²) in [6.45, 7) is 5.87. The second-order valence-corrected chi connectivity index (χ2v) is 7.41. The second kappa shape index (κ2) is 7.77. The van der Waals surface area contributed by atoms with E-state index in [2.05, 4.69) is 15.0 Å². The Morgan fingerprint density at radius 1 is 1.21 bits per heavy atom. The molecule has 1 N–H and O–H groups in total. The molecular formula is C21H25N3O4. The molecule has 0 unspecified atom stereocenters. The highest BCUT2D eigenvalue weighted by Gasteiger charge is 2.33. The number of aromatic nitrogens is 2. The molecule has 0 amide bonds. The number of methoxy groups -OCH3 is 1. The zero-order chi connectivity index (χ0) is 19.7. The van der Waals surface area contributed by atoms with Crippen molar-refractivity contribution in [1.29, 1.82) is 0 Å². The number of ether oxygens (including phenoxy) is 1. The maximum absolute atomic E-state index is 10.4. The molecule has 1 saturated heterocycles. The van der Waals surface area contributed by atoms with Crippen LogP contribution in [0.15, 0.2) is 39.3 Å². The molecule has 0 bridgehead atoms. The van der Waals surface area contributed by atoms with Gasteiger partial charge in [0.15, 0.2) is 0 Å². The summed E-state index contributed by atoms with van der Waals surface area (Å²) < 4.78 is 16.4. The zero-order valence-electron chi connectivity index (χ0n) is 16.4. The standard InChI is InChI=1S/C21H25N3O4/c1-13-8-18(28-23-13)9-16-10-24(12-20(16)25)11-19-14(2)27-21(22-19)15-4-6-17(26-3)7-5-15/h4-8,16,20,25H,9-12H2,1-3H3/t16-,20-/m1/s1. The van der Waals surface area contributed by atoms with Crippen LogP contribution in [0.3, 0.4) is 0 Å². The van der Waals surface area contributed by atoms with Crippen LogP contribution in [-0.4, -0.2) is 46.5 Å². The van der Waals surface area contributed by atoms with Crippen LogP contribution in [0.4, 0.5) is 0 Å². The van der Waals surface area contributed by atoms with Crippen molar-refractivity contribution in [2.24, 2.45) is 5.92 Å². The van der Waals surface area contributed by atoms with E-state index in [-0.39, 0.29) is 5.92 Å². The van der Waals surface area contributed by atoms with Gasteiger partial charge in [0.05, 0.1) is 24.6 Å². The largest absolute Gasteiger partial charge is 0.497 e. The summed E-state index contributed by atoms with van der Waals surface area (Å²) in [5.41, 5.74) is 2.67. The molecule has 1 fully saturated rings. The molecule has 1 aliphatic heterocycles. The third-order valence-electron chi connectivity index (χ3n) is 5.23. The van der Waals surface area contributed by atoms with E-state index in [1.165, 1.54) is 0 Å². The second-order valence-electron chi connectivity index (χ2n) is 7.41. The Kier molecular flexibility index (Phi) is 5.19. The number of benzene rings is 1. The van der Waals surface area contributed by atoms with Gasteiger partial charge in [0.1, 0.15) is 17.3 Å². The van der Waals surface area contributed by atoms with Crippen LogP contribution in [0.5, 0.6) is 5.75 Å². The van der Waals surface area contributed by atoms with Crippen LogP contribution in [0.1, 0.15) is 22.9 Å². The summed E-state index contributed by atoms with van der Waals surface area (Å²) in [5, 5.41) is 14.4. The highest BCUT2D eigenvalue weighted by molar-refractivity contribution is 5.55. The molecule has 1 aromatic carbocycles. The topological polar surface area (TPSA) is 84.8 Å². The van der Waals surface area contributed by atoms with Crippen LogP contribution in [0.25, 0.3) is 11.5 Å². The number of hydrogen-bond donors (Lipinski definition) is 1. The molecule has 2 atom stereocenters. The first kappa shape index (κ1) is 18.7. The molecule has 1 aliphatic rings. The third kappa shape index (κ3) is 3.95. The first-order valence-corrected chi connectivity index (χ1v) is 9.45. The van der Waals surface area contributed by atoms with Gasteiger partial charge >= 0.3 is 0 Å². The Labute approximate surface area is 163 Å². The summed E-state index contributed by atoms with van der Waals surface area (Å²) in [6, 6.07) is 9.58. The Morgan fingerprint density at radius 2 is 2.00 bits per heavy atom. The lowest BCUT2D eigenvalue weighted by atomic mass is 10.0. The number of hydrogen-bond acceptors (Lipinski definition) is 7. The summed E-state index contributed by atoms with van der Waals surface area (Å²) in [5.74, 6) is 3.15. The van der Waals surface area contributed by atoms with Gasteiger partial charge in [-0.1, -0.05) is 5.16 Å². The average Bonchev–Trinajstić information content (AvgIpc) is 3.36. The lowest BCUT2D eigenvalue weighted by molar-refractivity contribution is 0.137. The molecule has 28 heavy (non-hydrogen) atoms. The number of oxazole rings is 1. The van der Waals surface area contributed by atoms with E-state index in [0.29, 0.717) is 25.4 Å². The van der Waals surface area contributed by atoms with Crippen LogP contribution in [0.2, 0.25) is 0 Å². The summed E-state index contributed by atoms with van der Waals surface area (Å²) in [7, 11) is 1.64. The molecule has 7 heteroatoms. The van der Waals surface area contributed by atoms with Crippen molar-refractivity contribution in [1.82, 2.24) is 15.0 Å². The van der Waals surface area contributed by atoms with Crippen molar-refractivity contribution >= 4 is 0 Å². The van der Waals surface area contributed by atoms with Gasteiger partial charge in [0.2, 0.25) is 5.89 Å². The van der Waals surface area contributed by atoms with Gasteiger partial charge < -0.3 is 18.8 Å². The van der Waals surface area contributed by atoms with Crippen LogP contribution >= 0.6 is 0 Å². The minimum absolute atomic E-state index is 0.126. The minimum atomic E-state index is -0.390. The fourth-order valence-corrected chi connectivity index (χ4v) is 3.69. The first-order chi connectivity index (χ1) is 13.5. The van der Waals surface area contributed by atoms with Crippen molar-refractivity contribution in [3.05, 3.63) is 53.2 Å². The molecular weight excluding hydrogens is 358 g/mol. The van der Waals surface area contributed by atoms with Gasteiger partial charge in [0.25, 0.3) is 0 Å². The van der Waals surface area contributed by atoms with Gasteiger partial charge in [-0.2, -0.15) is 0 Å². The Bertz CT molecular complexity index is 932. The number of nitrogens with zero attached hydrogens (tertiary/aromatic N) is 3. The maximum Gasteiger partial charge on any atom is 0.226 e. The van der Waals surface area contributed by atoms with Gasteiger partial charge in [-0.25, -0.2) is 4.98 Å². The number of aryl methyl sites for hydroxylation is 2. The van der Waals surface area contributed by atoms with E-state index in [0.717, 1.165) is 40.8 Å². The van der Waals surface area contributed by atoms with Crippen molar-refractivity contribution < 1.29 is 18.8 Å². The number of β-amino-alcohol motifs (C(OH)–C–C–N with tert-alkyl or cyclic N) is 1. The van der Waals surface area contributed by atoms with E-state index in [1.54, 1.807) is 7.11 Å². The van der Waals surface area contributed by atoms with Gasteiger partial charge in [0, 0.05) is 43.6 Å². The predicted molar refractivity (Wildman–Crippen MR) is 103 cm³/mol. The van der Waals surface area contributed by atoms with Crippen LogP contribution in [-0.2, 0) is 13.0 Å². The van der Waals surface area contributed by atoms with E-state index < -0.39 is 6.10 Å². The molecule has 0 aliphatic carbocycles. The maximum atomic E-state index is 10.4. The molecule has 3 aromatic rings. The highest BCUT2D eigenvalue weighted by atomic mass is 16.5. The Hall–Kier alpha value is -2.64. The summed E-state index contributed by atoms with van der Waals surface area (Å²) in [4.78, 5) is 6.89. The number of likely N-dealkylation sites (tertiary alicyclic amines) is 1. The summed E-state index contributed by atoms with van der Waals surface area (Å²) >= 11 is 0. The van der Waals surface area contributed by atoms with Crippen molar-refractivity contribution in [2.75, 3.05) is 20.2 Å². The number of aliphatic hydroxyl groups excluding tert-OH is 1. The van der Waals surface area contributed by atoms with E-state index in [4.69, 9.17) is 13.7 Å². The molecule has 2 aromatic heterocycles. The number of rotatable bonds is 6. The third-order valence-corrected chi connectivity index (χ3v) is 5.23. The normalized spacial score (nSPS) is 20.0. The van der Waals surface area contributed by atoms with Gasteiger partial charge in [-0.05, 0) is 38.1 Å². The fourth-order valence-electron chi connectivity index (χ4n) is 3.69. The predicted octanol–water partition coefficient (Wildman–Crippen LogP) is 2.99. The minimum Gasteiger partial charge on any atom is -0.497 e. The first-order valence-electron chi connectivity index (χ1n) is 9.45. The molecule has 7 nitrogen and oxygen atoms in total. The molecule has 0 saturated carbocycles. The monoisotopic (exact) mass is 383 g/mol. The Morgan fingerprint density at radius 3 is 2.68 bits per heavy atom.